The Bertz CT molecular complexity index is 919. The molecule has 0 amide bonds. The lowest BCUT2D eigenvalue weighted by Gasteiger charge is -2.21. The monoisotopic (exact) mass is 370 g/mol. The first-order valence-electron chi connectivity index (χ1n) is 8.17. The van der Waals surface area contributed by atoms with E-state index < -0.39 is 13.6 Å². The van der Waals surface area contributed by atoms with Crippen LogP contribution in [0.1, 0.15) is 0 Å². The summed E-state index contributed by atoms with van der Waals surface area (Å²) in [6, 6.07) is 21.3. The highest BCUT2D eigenvalue weighted by molar-refractivity contribution is 7.78. The van der Waals surface area contributed by atoms with Crippen molar-refractivity contribution in [1.29, 1.82) is 0 Å². The molecule has 0 aliphatic heterocycles. The van der Waals surface area contributed by atoms with Crippen LogP contribution >= 0.6 is 7.14 Å². The SMILES string of the molecule is COc1cccc(OC)c1-c1ccccc1[P@@](=O)(CF)c1ccccc1. The van der Waals surface area contributed by atoms with E-state index in [4.69, 9.17) is 9.47 Å². The molecular formula is C21H20FO3P. The molecule has 0 unspecified atom stereocenters. The van der Waals surface area contributed by atoms with Crippen LogP contribution in [0.5, 0.6) is 11.5 Å². The zero-order valence-electron chi connectivity index (χ0n) is 14.7. The van der Waals surface area contributed by atoms with Crippen molar-refractivity contribution in [2.75, 3.05) is 20.6 Å². The molecule has 0 heterocycles. The number of hydrogen-bond donors (Lipinski definition) is 0. The van der Waals surface area contributed by atoms with E-state index in [2.05, 4.69) is 0 Å². The molecule has 3 aromatic carbocycles. The zero-order chi connectivity index (χ0) is 18.6. The number of ether oxygens (including phenoxy) is 2. The number of halogens is 1. The van der Waals surface area contributed by atoms with Crippen LogP contribution in [-0.4, -0.2) is 20.6 Å². The first kappa shape index (κ1) is 18.2. The first-order chi connectivity index (χ1) is 12.7. The third kappa shape index (κ3) is 3.13. The lowest BCUT2D eigenvalue weighted by molar-refractivity contribution is 0.397. The molecule has 26 heavy (non-hydrogen) atoms. The third-order valence-corrected chi connectivity index (χ3v) is 6.97. The van der Waals surface area contributed by atoms with Gasteiger partial charge in [-0.1, -0.05) is 60.7 Å². The Hall–Kier alpha value is -2.58. The van der Waals surface area contributed by atoms with Crippen molar-refractivity contribution in [2.45, 2.75) is 0 Å². The fraction of sp³-hybridized carbons (Fsp3) is 0.143. The third-order valence-electron chi connectivity index (χ3n) is 4.33. The predicted molar refractivity (Wildman–Crippen MR) is 104 cm³/mol. The lowest BCUT2D eigenvalue weighted by Crippen LogP contribution is -2.19. The van der Waals surface area contributed by atoms with Gasteiger partial charge >= 0.3 is 0 Å². The molecule has 3 aromatic rings. The fourth-order valence-corrected chi connectivity index (χ4v) is 5.16. The average molecular weight is 370 g/mol. The van der Waals surface area contributed by atoms with Crippen molar-refractivity contribution in [3.63, 3.8) is 0 Å². The van der Waals surface area contributed by atoms with Crippen molar-refractivity contribution >= 4 is 17.8 Å². The van der Waals surface area contributed by atoms with Crippen molar-refractivity contribution < 1.29 is 18.4 Å². The van der Waals surface area contributed by atoms with E-state index >= 15 is 0 Å². The largest absolute Gasteiger partial charge is 0.496 e. The van der Waals surface area contributed by atoms with Crippen LogP contribution in [0.2, 0.25) is 0 Å². The van der Waals surface area contributed by atoms with Gasteiger partial charge in [-0.05, 0) is 12.1 Å². The zero-order valence-corrected chi connectivity index (χ0v) is 15.6. The number of benzene rings is 3. The molecule has 0 radical (unpaired) electrons. The van der Waals surface area contributed by atoms with Crippen LogP contribution in [0.3, 0.4) is 0 Å². The Morgan fingerprint density at radius 2 is 1.38 bits per heavy atom. The standard InChI is InChI=1S/C21H20FO3P/c1-24-18-12-8-13-19(25-2)21(18)17-11-6-7-14-20(17)26(23,15-22)16-9-4-3-5-10-16/h3-14H,15H2,1-2H3/t26-/m1/s1. The van der Waals surface area contributed by atoms with Gasteiger partial charge in [0, 0.05) is 16.2 Å². The predicted octanol–water partition coefficient (Wildman–Crippen LogP) is 4.61. The number of rotatable bonds is 6. The van der Waals surface area contributed by atoms with Crippen LogP contribution < -0.4 is 20.1 Å². The van der Waals surface area contributed by atoms with Crippen molar-refractivity contribution in [3.8, 4) is 22.6 Å². The number of alkyl halides is 1. The highest BCUT2D eigenvalue weighted by atomic mass is 31.2. The Labute approximate surface area is 152 Å². The molecule has 0 bridgehead atoms. The summed E-state index contributed by atoms with van der Waals surface area (Å²) in [6.45, 7) is 0. The van der Waals surface area contributed by atoms with E-state index in [1.807, 2.05) is 24.3 Å². The molecular weight excluding hydrogens is 350 g/mol. The van der Waals surface area contributed by atoms with Gasteiger partial charge < -0.3 is 14.0 Å². The molecule has 3 nitrogen and oxygen atoms in total. The van der Waals surface area contributed by atoms with E-state index in [1.165, 1.54) is 0 Å². The normalized spacial score (nSPS) is 13.0. The minimum absolute atomic E-state index is 0.455. The molecule has 1 atom stereocenters. The number of methoxy groups -OCH3 is 2. The van der Waals surface area contributed by atoms with Gasteiger partial charge in [-0.25, -0.2) is 4.39 Å². The maximum atomic E-state index is 14.1. The van der Waals surface area contributed by atoms with Crippen LogP contribution in [0.25, 0.3) is 11.1 Å². The topological polar surface area (TPSA) is 35.5 Å². The maximum Gasteiger partial charge on any atom is 0.173 e. The quantitative estimate of drug-likeness (QED) is 0.595. The molecule has 0 saturated carbocycles. The van der Waals surface area contributed by atoms with Crippen molar-refractivity contribution in [3.05, 3.63) is 72.8 Å². The molecule has 3 rings (SSSR count). The molecule has 134 valence electrons. The van der Waals surface area contributed by atoms with Gasteiger partial charge in [-0.3, -0.25) is 0 Å². The molecule has 0 aliphatic rings. The summed E-state index contributed by atoms with van der Waals surface area (Å²) in [5.41, 5.74) is 1.31. The summed E-state index contributed by atoms with van der Waals surface area (Å²) in [6.07, 6.45) is -0.953. The average Bonchev–Trinajstić information content (AvgIpc) is 2.73. The fourth-order valence-electron chi connectivity index (χ4n) is 3.06. The van der Waals surface area contributed by atoms with Gasteiger partial charge in [0.15, 0.2) is 13.6 Å². The smallest absolute Gasteiger partial charge is 0.173 e. The molecule has 0 spiro atoms. The molecule has 5 heteroatoms. The molecule has 0 aromatic heterocycles. The van der Waals surface area contributed by atoms with Crippen molar-refractivity contribution in [2.24, 2.45) is 0 Å². The summed E-state index contributed by atoms with van der Waals surface area (Å²) >= 11 is 0. The molecule has 0 fully saturated rings. The first-order valence-corrected chi connectivity index (χ1v) is 10.1. The Morgan fingerprint density at radius 1 is 0.808 bits per heavy atom. The summed E-state index contributed by atoms with van der Waals surface area (Å²) in [5, 5.41) is 0.945. The van der Waals surface area contributed by atoms with Gasteiger partial charge in [-0.15, -0.1) is 0 Å². The van der Waals surface area contributed by atoms with Crippen LogP contribution in [0.15, 0.2) is 72.8 Å². The van der Waals surface area contributed by atoms with Gasteiger partial charge in [0.25, 0.3) is 0 Å². The van der Waals surface area contributed by atoms with E-state index in [0.29, 0.717) is 33.2 Å². The Balaban J connectivity index is 2.31. The van der Waals surface area contributed by atoms with Crippen LogP contribution in [-0.2, 0) is 4.57 Å². The van der Waals surface area contributed by atoms with E-state index in [-0.39, 0.29) is 0 Å². The molecule has 0 saturated heterocycles. The Morgan fingerprint density at radius 3 is 1.96 bits per heavy atom. The molecule has 0 aliphatic carbocycles. The summed E-state index contributed by atoms with van der Waals surface area (Å²) in [4.78, 5) is 0. The van der Waals surface area contributed by atoms with E-state index in [1.54, 1.807) is 62.8 Å². The van der Waals surface area contributed by atoms with Crippen molar-refractivity contribution in [1.82, 2.24) is 0 Å². The second kappa shape index (κ2) is 7.76. The van der Waals surface area contributed by atoms with Gasteiger partial charge in [0.2, 0.25) is 0 Å². The van der Waals surface area contributed by atoms with Crippen LogP contribution in [0, 0.1) is 0 Å². The van der Waals surface area contributed by atoms with Gasteiger partial charge in [-0.2, -0.15) is 0 Å². The van der Waals surface area contributed by atoms with Gasteiger partial charge in [0.1, 0.15) is 11.5 Å². The summed E-state index contributed by atoms with van der Waals surface area (Å²) in [7, 11) is -0.322. The number of hydrogen-bond acceptors (Lipinski definition) is 3. The Kier molecular flexibility index (Phi) is 5.43. The minimum Gasteiger partial charge on any atom is -0.496 e. The maximum absolute atomic E-state index is 14.1. The van der Waals surface area contributed by atoms with E-state index in [0.717, 1.165) is 0 Å². The minimum atomic E-state index is -3.45. The second-order valence-electron chi connectivity index (χ2n) is 5.75. The highest BCUT2D eigenvalue weighted by Crippen LogP contribution is 2.48. The summed E-state index contributed by atoms with van der Waals surface area (Å²) in [5.74, 6) is 1.16. The van der Waals surface area contributed by atoms with Gasteiger partial charge in [0.05, 0.1) is 19.8 Å². The molecule has 0 N–H and O–H groups in total. The highest BCUT2D eigenvalue weighted by Gasteiger charge is 2.31. The van der Waals surface area contributed by atoms with Crippen LogP contribution in [0.4, 0.5) is 4.39 Å². The second-order valence-corrected chi connectivity index (χ2v) is 8.47. The van der Waals surface area contributed by atoms with E-state index in [9.17, 15) is 8.96 Å². The summed E-state index contributed by atoms with van der Waals surface area (Å²) < 4.78 is 38.8. The lowest BCUT2D eigenvalue weighted by atomic mass is 10.0.